The first-order valence-electron chi connectivity index (χ1n) is 12.1. The third-order valence-corrected chi connectivity index (χ3v) is 6.19. The SMILES string of the molecule is COc1cccc(C=Nn2c(-c3cc4cc(Br)ccc4o3)nc3ccccc3c2=O)c1OCC(=O)OC(C)C. The number of para-hydroxylation sites is 2. The summed E-state index contributed by atoms with van der Waals surface area (Å²) in [7, 11) is 1.49. The second-order valence-electron chi connectivity index (χ2n) is 8.81. The molecule has 9 nitrogen and oxygen atoms in total. The zero-order valence-corrected chi connectivity index (χ0v) is 23.0. The lowest BCUT2D eigenvalue weighted by Crippen LogP contribution is -2.20. The highest BCUT2D eigenvalue weighted by atomic mass is 79.9. The largest absolute Gasteiger partial charge is 0.493 e. The summed E-state index contributed by atoms with van der Waals surface area (Å²) in [5.74, 6) is 0.757. The number of hydrogen-bond donors (Lipinski definition) is 0. The third-order valence-electron chi connectivity index (χ3n) is 5.70. The maximum absolute atomic E-state index is 13.6. The highest BCUT2D eigenvalue weighted by molar-refractivity contribution is 9.10. The summed E-state index contributed by atoms with van der Waals surface area (Å²) in [6, 6.07) is 19.6. The average Bonchev–Trinajstić information content (AvgIpc) is 3.34. The number of ether oxygens (including phenoxy) is 3. The van der Waals surface area contributed by atoms with Crippen molar-refractivity contribution >= 4 is 50.0 Å². The topological polar surface area (TPSA) is 105 Å². The quantitative estimate of drug-likeness (QED) is 0.166. The van der Waals surface area contributed by atoms with Gasteiger partial charge in [-0.2, -0.15) is 9.78 Å². The van der Waals surface area contributed by atoms with Crippen LogP contribution in [0.2, 0.25) is 0 Å². The van der Waals surface area contributed by atoms with E-state index in [1.807, 2.05) is 30.3 Å². The van der Waals surface area contributed by atoms with E-state index in [1.54, 1.807) is 50.2 Å². The van der Waals surface area contributed by atoms with Gasteiger partial charge in [0.1, 0.15) is 5.58 Å². The zero-order chi connectivity index (χ0) is 27.5. The fraction of sp³-hybridized carbons (Fsp3) is 0.172. The van der Waals surface area contributed by atoms with Crippen molar-refractivity contribution in [1.82, 2.24) is 9.66 Å². The molecule has 0 amide bonds. The van der Waals surface area contributed by atoms with Crippen LogP contribution in [0.5, 0.6) is 11.5 Å². The van der Waals surface area contributed by atoms with Gasteiger partial charge in [0, 0.05) is 15.4 Å². The van der Waals surface area contributed by atoms with Crippen molar-refractivity contribution < 1.29 is 23.4 Å². The van der Waals surface area contributed by atoms with Gasteiger partial charge in [-0.25, -0.2) is 9.78 Å². The Balaban J connectivity index is 1.61. The monoisotopic (exact) mass is 589 g/mol. The van der Waals surface area contributed by atoms with E-state index in [2.05, 4.69) is 21.0 Å². The summed E-state index contributed by atoms with van der Waals surface area (Å²) in [4.78, 5) is 30.4. The molecular formula is C29H24BrN3O6. The third kappa shape index (κ3) is 5.56. The Morgan fingerprint density at radius 3 is 2.74 bits per heavy atom. The van der Waals surface area contributed by atoms with Crippen molar-refractivity contribution in [3.63, 3.8) is 0 Å². The molecule has 3 aromatic carbocycles. The van der Waals surface area contributed by atoms with Crippen LogP contribution in [-0.2, 0) is 9.53 Å². The van der Waals surface area contributed by atoms with Gasteiger partial charge in [0.05, 0.1) is 30.3 Å². The molecule has 0 radical (unpaired) electrons. The van der Waals surface area contributed by atoms with Crippen LogP contribution >= 0.6 is 15.9 Å². The van der Waals surface area contributed by atoms with Crippen LogP contribution in [0.4, 0.5) is 0 Å². The minimum absolute atomic E-state index is 0.230. The number of carbonyl (C=O) groups is 1. The van der Waals surface area contributed by atoms with E-state index in [0.717, 1.165) is 9.86 Å². The Hall–Kier alpha value is -4.44. The smallest absolute Gasteiger partial charge is 0.344 e. The predicted octanol–water partition coefficient (Wildman–Crippen LogP) is 5.79. The zero-order valence-electron chi connectivity index (χ0n) is 21.4. The van der Waals surface area contributed by atoms with Gasteiger partial charge in [-0.15, -0.1) is 0 Å². The van der Waals surface area contributed by atoms with E-state index >= 15 is 0 Å². The Morgan fingerprint density at radius 2 is 1.95 bits per heavy atom. The number of hydrogen-bond acceptors (Lipinski definition) is 8. The van der Waals surface area contributed by atoms with Gasteiger partial charge in [0.15, 0.2) is 23.9 Å². The lowest BCUT2D eigenvalue weighted by atomic mass is 10.2. The molecule has 5 rings (SSSR count). The number of fused-ring (bicyclic) bond motifs is 2. The maximum Gasteiger partial charge on any atom is 0.344 e. The standard InChI is InChI=1S/C29H24BrN3O6/c1-17(2)38-26(34)16-37-27-18(7-6-10-24(27)36-3)15-31-33-28(32-22-9-5-4-8-21(22)29(33)35)25-14-19-13-20(30)11-12-23(19)39-25/h4-15,17H,16H2,1-3H3. The fourth-order valence-electron chi connectivity index (χ4n) is 4.01. The van der Waals surface area contributed by atoms with Gasteiger partial charge in [0.2, 0.25) is 5.82 Å². The van der Waals surface area contributed by atoms with Crippen LogP contribution in [0.25, 0.3) is 33.5 Å². The van der Waals surface area contributed by atoms with Crippen molar-refractivity contribution in [3.05, 3.63) is 87.1 Å². The van der Waals surface area contributed by atoms with Crippen molar-refractivity contribution in [2.24, 2.45) is 5.10 Å². The Bertz CT molecular complexity index is 1770. The minimum Gasteiger partial charge on any atom is -0.493 e. The van der Waals surface area contributed by atoms with Crippen LogP contribution in [0.15, 0.2) is 85.5 Å². The summed E-state index contributed by atoms with van der Waals surface area (Å²) < 4.78 is 24.5. The molecule has 0 fully saturated rings. The number of nitrogens with zero attached hydrogens (tertiary/aromatic N) is 3. The van der Waals surface area contributed by atoms with Crippen LogP contribution < -0.4 is 15.0 Å². The molecule has 0 aliphatic carbocycles. The number of esters is 1. The van der Waals surface area contributed by atoms with E-state index in [0.29, 0.717) is 33.6 Å². The molecule has 39 heavy (non-hydrogen) atoms. The van der Waals surface area contributed by atoms with E-state index in [-0.39, 0.29) is 29.8 Å². The van der Waals surface area contributed by atoms with E-state index in [4.69, 9.17) is 23.6 Å². The highest BCUT2D eigenvalue weighted by Gasteiger charge is 2.18. The van der Waals surface area contributed by atoms with Gasteiger partial charge in [-0.05, 0) is 62.4 Å². The molecule has 0 aliphatic heterocycles. The minimum atomic E-state index is -0.521. The molecule has 0 unspecified atom stereocenters. The Labute approximate surface area is 231 Å². The molecule has 0 spiro atoms. The first-order valence-corrected chi connectivity index (χ1v) is 12.9. The van der Waals surface area contributed by atoms with Crippen molar-refractivity contribution in [1.29, 1.82) is 0 Å². The number of furan rings is 1. The van der Waals surface area contributed by atoms with Crippen LogP contribution in [0, 0.1) is 0 Å². The lowest BCUT2D eigenvalue weighted by Gasteiger charge is -2.14. The molecule has 0 saturated carbocycles. The number of benzene rings is 3. The molecule has 2 heterocycles. The average molecular weight is 590 g/mol. The second-order valence-corrected chi connectivity index (χ2v) is 9.73. The maximum atomic E-state index is 13.6. The van der Waals surface area contributed by atoms with E-state index < -0.39 is 5.97 Å². The van der Waals surface area contributed by atoms with Crippen LogP contribution in [-0.4, -0.2) is 41.7 Å². The van der Waals surface area contributed by atoms with Gasteiger partial charge < -0.3 is 18.6 Å². The van der Waals surface area contributed by atoms with Crippen LogP contribution in [0.3, 0.4) is 0 Å². The number of aromatic nitrogens is 2. The molecule has 0 saturated heterocycles. The molecular weight excluding hydrogens is 566 g/mol. The van der Waals surface area contributed by atoms with Crippen molar-refractivity contribution in [2.75, 3.05) is 13.7 Å². The lowest BCUT2D eigenvalue weighted by molar-refractivity contribution is -0.149. The molecule has 2 aromatic heterocycles. The summed E-state index contributed by atoms with van der Waals surface area (Å²) in [5.41, 5.74) is 1.26. The first-order chi connectivity index (χ1) is 18.8. The summed E-state index contributed by atoms with van der Waals surface area (Å²) in [6.07, 6.45) is 1.18. The number of halogens is 1. The van der Waals surface area contributed by atoms with Gasteiger partial charge in [0.25, 0.3) is 5.56 Å². The van der Waals surface area contributed by atoms with E-state index in [1.165, 1.54) is 18.0 Å². The Morgan fingerprint density at radius 1 is 1.13 bits per heavy atom. The summed E-state index contributed by atoms with van der Waals surface area (Å²) >= 11 is 3.47. The number of methoxy groups -OCH3 is 1. The normalized spacial score (nSPS) is 11.5. The highest BCUT2D eigenvalue weighted by Crippen LogP contribution is 2.31. The predicted molar refractivity (Wildman–Crippen MR) is 152 cm³/mol. The summed E-state index contributed by atoms with van der Waals surface area (Å²) in [6.45, 7) is 3.19. The molecule has 198 valence electrons. The van der Waals surface area contributed by atoms with Gasteiger partial charge in [-0.3, -0.25) is 4.79 Å². The molecule has 0 bridgehead atoms. The molecule has 10 heteroatoms. The molecule has 5 aromatic rings. The van der Waals surface area contributed by atoms with E-state index in [9.17, 15) is 9.59 Å². The second kappa shape index (κ2) is 11.1. The number of carbonyl (C=O) groups excluding carboxylic acids is 1. The van der Waals surface area contributed by atoms with Crippen molar-refractivity contribution in [3.8, 4) is 23.1 Å². The molecule has 0 aliphatic rings. The first kappa shape index (κ1) is 26.2. The van der Waals surface area contributed by atoms with Crippen molar-refractivity contribution in [2.45, 2.75) is 20.0 Å². The summed E-state index contributed by atoms with van der Waals surface area (Å²) in [5, 5.41) is 5.74. The fourth-order valence-corrected chi connectivity index (χ4v) is 4.39. The molecule has 0 N–H and O–H groups in total. The van der Waals surface area contributed by atoms with Gasteiger partial charge >= 0.3 is 5.97 Å². The van der Waals surface area contributed by atoms with Crippen LogP contribution in [0.1, 0.15) is 19.4 Å². The van der Waals surface area contributed by atoms with Gasteiger partial charge in [-0.1, -0.05) is 34.1 Å². The number of rotatable bonds is 8. The Kier molecular flexibility index (Phi) is 7.47. The molecule has 0 atom stereocenters.